The summed E-state index contributed by atoms with van der Waals surface area (Å²) >= 11 is 7.62. The summed E-state index contributed by atoms with van der Waals surface area (Å²) in [6, 6.07) is 4.68. The number of halogens is 3. The molecule has 796 valence electrons. The third-order valence-corrected chi connectivity index (χ3v) is 33.8. The second-order valence-electron chi connectivity index (χ2n) is 40.4. The summed E-state index contributed by atoms with van der Waals surface area (Å²) in [7, 11) is 0. The topological polar surface area (TPSA) is 653 Å². The Bertz CT molecular complexity index is 5450. The van der Waals surface area contributed by atoms with E-state index in [4.69, 9.17) is 44.8 Å². The Morgan fingerprint density at radius 1 is 0.448 bits per heavy atom. The number of ketones is 6. The fourth-order valence-corrected chi connectivity index (χ4v) is 26.7. The van der Waals surface area contributed by atoms with Crippen LogP contribution >= 0.6 is 11.6 Å². The number of carbonyl (C=O) groups excluding carboxylic acids is 12. The van der Waals surface area contributed by atoms with Crippen LogP contribution in [0.1, 0.15) is 214 Å². The van der Waals surface area contributed by atoms with E-state index in [2.05, 4.69) is 24.2 Å². The van der Waals surface area contributed by atoms with E-state index in [0.717, 1.165) is 5.57 Å². The van der Waals surface area contributed by atoms with Gasteiger partial charge >= 0.3 is 36.0 Å². The van der Waals surface area contributed by atoms with Gasteiger partial charge in [0.2, 0.25) is 28.6 Å². The number of alkyl halides is 3. The van der Waals surface area contributed by atoms with E-state index in [1.807, 2.05) is 13.8 Å². The first kappa shape index (κ1) is 113. The lowest BCUT2D eigenvalue weighted by Gasteiger charge is -2.64. The molecule has 1 aromatic rings. The maximum absolute atomic E-state index is 17.5. The lowest BCUT2D eigenvalue weighted by Crippen LogP contribution is -2.70. The highest BCUT2D eigenvalue weighted by Crippen LogP contribution is 2.75. The number of carbonyl (C=O) groups is 12. The van der Waals surface area contributed by atoms with Crippen molar-refractivity contribution in [2.75, 3.05) is 59.5 Å². The monoisotopic (exact) mass is 2070 g/mol. The van der Waals surface area contributed by atoms with Crippen LogP contribution < -0.4 is 4.74 Å². The van der Waals surface area contributed by atoms with Crippen molar-refractivity contribution in [2.45, 2.75) is 273 Å². The van der Waals surface area contributed by atoms with Crippen LogP contribution in [0.25, 0.3) is 6.08 Å². The summed E-state index contributed by atoms with van der Waals surface area (Å²) in [5.41, 5.74) is -15.8. The van der Waals surface area contributed by atoms with Gasteiger partial charge < -0.3 is 88.0 Å². The zero-order valence-electron chi connectivity index (χ0n) is 81.3. The second kappa shape index (κ2) is 45.1. The average Bonchev–Trinajstić information content (AvgIpc) is 1.56. The fraction of sp³-hybridized carbons (Fsp3) is 0.670. The highest BCUT2D eigenvalue weighted by atomic mass is 35.5. The number of unbranched alkanes of at least 4 members (excludes halogenated alkanes) is 3. The largest absolute Gasteiger partial charge is 0.514 e. The van der Waals surface area contributed by atoms with Crippen molar-refractivity contribution in [2.24, 2.45) is 73.9 Å². The maximum Gasteiger partial charge on any atom is 0.514 e. The van der Waals surface area contributed by atoms with Crippen molar-refractivity contribution in [3.05, 3.63) is 157 Å². The van der Waals surface area contributed by atoms with Crippen LogP contribution in [0.15, 0.2) is 95.7 Å². The number of aliphatic hydroxyl groups is 6. The Balaban J connectivity index is 0.000000214. The van der Waals surface area contributed by atoms with Gasteiger partial charge in [0.15, 0.2) is 47.5 Å². The molecule has 0 spiro atoms. The highest BCUT2D eigenvalue weighted by molar-refractivity contribution is 6.26. The van der Waals surface area contributed by atoms with E-state index in [1.165, 1.54) is 67.7 Å². The molecular weight excluding hydrogens is 1950 g/mol. The van der Waals surface area contributed by atoms with Crippen LogP contribution in [0.3, 0.4) is 0 Å². The average molecular weight is 2070 g/mol. The van der Waals surface area contributed by atoms with Crippen LogP contribution in [0, 0.1) is 131 Å². The standard InChI is InChI=1S/C43H53ClN2O16.C29H37FN2O14.C25H32FNO10/c1-27-22-29(12-16-37(50)57-19-8-9-21-60-46(55)56)11-15-34(27)61-39(52)58-26-36(49)43(62-38(51)10-6-5-7-20-59-45(53)54)28(2)23-33-32-14-13-30-24-31(47)17-18-40(30,3)42(32,44)35(48)25-41(33,43)4;1-26-10-9-18(33)13-17(26)7-8-19-20-14-21(34)29(27(20,2)15-22(35)28(19,26)30,46-25(38)6-4-12-45-32(41)42)23(36)16-43-24(37)5-3-11-44-31(39)40;1-22-8-7-15(29)10-14(22)5-6-16-17-11-18(30)25(20(32)13-28,23(17,2)12-19(31)24(16,22)26)37-21(33)4-3-9-36-27(34)35/h11-12,15-18,22,24,28,32-33,35,48H,5-10,13-14,19-21,23,25-26H2,1-4H3;9-10,13,19-22,34-35H,3-8,11-12,14-16H2,1-2H3;7-8,10,16-19,28,30-31H,3-6,9,11-13H2,1-2H3/b16-12+;;/t28-,32?,33?,35-,40-,41-,42-,43-;19?,20?,21-,22+,26+,27+,28+,29+;16?,17?,18-,19+,22+,23+,24+,25+/m011/s1. The normalized spacial score (nSPS) is 34.8. The number of Topliss-reactive ketones (excluding diaryl/α,β-unsaturated/α-hetero) is 3. The molecule has 48 heteroatoms. The number of nitrogens with zero attached hydrogens (tertiary/aromatic N) is 5. The predicted molar refractivity (Wildman–Crippen MR) is 490 cm³/mol. The molecule has 24 atom stereocenters. The van der Waals surface area contributed by atoms with E-state index in [0.29, 0.717) is 86.5 Å². The van der Waals surface area contributed by atoms with Crippen molar-refractivity contribution in [3.63, 3.8) is 0 Å². The van der Waals surface area contributed by atoms with Crippen molar-refractivity contribution in [1.29, 1.82) is 0 Å². The molecule has 13 rings (SSSR count). The van der Waals surface area contributed by atoms with E-state index >= 15 is 8.78 Å². The maximum atomic E-state index is 17.5. The molecule has 1 aromatic carbocycles. The van der Waals surface area contributed by atoms with Gasteiger partial charge in [-0.2, -0.15) is 0 Å². The number of hydrogen-bond acceptors (Lipinski definition) is 40. The molecule has 0 saturated heterocycles. The first-order valence-corrected chi connectivity index (χ1v) is 48.4. The van der Waals surface area contributed by atoms with Gasteiger partial charge in [0.1, 0.15) is 24.6 Å². The van der Waals surface area contributed by atoms with Crippen molar-refractivity contribution >= 4 is 88.4 Å². The van der Waals surface area contributed by atoms with Crippen molar-refractivity contribution in [1.82, 2.24) is 0 Å². The molecule has 12 aliphatic rings. The van der Waals surface area contributed by atoms with Crippen molar-refractivity contribution < 1.29 is 180 Å². The molecule has 9 saturated carbocycles. The Hall–Kier alpha value is -12.1. The van der Waals surface area contributed by atoms with Gasteiger partial charge in [0, 0.05) is 82.0 Å². The number of esters is 5. The zero-order valence-corrected chi connectivity index (χ0v) is 82.0. The first-order chi connectivity index (χ1) is 68.1. The summed E-state index contributed by atoms with van der Waals surface area (Å²) in [6.07, 6.45) is 7.90. The van der Waals surface area contributed by atoms with E-state index in [1.54, 1.807) is 58.9 Å². The Morgan fingerprint density at radius 3 is 1.28 bits per heavy atom. The lowest BCUT2D eigenvalue weighted by atomic mass is 9.44. The van der Waals surface area contributed by atoms with Crippen LogP contribution in [0.4, 0.5) is 13.6 Å². The molecule has 12 aliphatic carbocycles. The third-order valence-electron chi connectivity index (χ3n) is 32.9. The molecule has 0 aromatic heterocycles. The SMILES string of the molecule is C[C@]12C=CC(=O)C=C1CCC1C3C[C@@H](O)[C@](OC(=O)CCCO[N+](=O)[O-])(C(=O)CO)[C@@]3(C)C[C@H](O)[C@@]12F.C[C@]12C=CC(=O)C=C1CCC1C3C[C@@H](O)[C@](OC(=O)CCCO[N+](=O)[O-])(C(=O)COC(=O)CCCO[N+](=O)[O-])[C@@]3(C)C[C@H](O)[C@@]12F.Cc1cc(/C=C/C(=O)OCCCCO[N+](=O)[O-])ccc1OC(=O)OCC(=O)[C@@]1(OC(=O)CCCCCO[N+](=O)[O-])[C@@H](C)CC2C3CCC4=CC(=O)C=C[C@]4(C)[C@@]3(Cl)[C@@H](O)C[C@@]21C. The molecule has 0 amide bonds. The van der Waals surface area contributed by atoms with Gasteiger partial charge in [-0.15, -0.1) is 62.2 Å². The van der Waals surface area contributed by atoms with Crippen LogP contribution in [0.5, 0.6) is 5.75 Å². The summed E-state index contributed by atoms with van der Waals surface area (Å²) < 4.78 is 73.4. The minimum absolute atomic E-state index is 0.0467. The van der Waals surface area contributed by atoms with Gasteiger partial charge in [-0.1, -0.05) is 82.1 Å². The zero-order chi connectivity index (χ0) is 107. The number of ether oxygens (including phenoxy) is 7. The molecule has 0 aliphatic heterocycles. The number of allylic oxidation sites excluding steroid dienone is 12. The number of benzene rings is 1. The molecule has 9 fully saturated rings. The molecule has 6 N–H and O–H groups in total. The summed E-state index contributed by atoms with van der Waals surface area (Å²) in [4.78, 5) is 227. The van der Waals surface area contributed by atoms with Crippen molar-refractivity contribution in [3.8, 4) is 5.75 Å². The number of hydrogen-bond donors (Lipinski definition) is 6. The Morgan fingerprint density at radius 2 is 0.821 bits per heavy atom. The Kier molecular flexibility index (Phi) is 35.2. The predicted octanol–water partition coefficient (Wildman–Crippen LogP) is 9.42. The molecule has 0 radical (unpaired) electrons. The Labute approximate surface area is 833 Å². The third kappa shape index (κ3) is 21.5. The van der Waals surface area contributed by atoms with Gasteiger partial charge in [0.25, 0.3) is 25.4 Å². The van der Waals surface area contributed by atoms with E-state index in [-0.39, 0.29) is 138 Å². The van der Waals surface area contributed by atoms with Gasteiger partial charge in [0.05, 0.1) is 62.8 Å². The van der Waals surface area contributed by atoms with Gasteiger partial charge in [-0.25, -0.2) is 18.4 Å². The molecule has 145 heavy (non-hydrogen) atoms. The molecule has 0 heterocycles. The lowest BCUT2D eigenvalue weighted by molar-refractivity contribution is -0.757. The van der Waals surface area contributed by atoms with Crippen LogP contribution in [-0.2, 0) is 105 Å². The van der Waals surface area contributed by atoms with Gasteiger partial charge in [-0.3, -0.25) is 47.9 Å². The molecule has 0 bridgehead atoms. The van der Waals surface area contributed by atoms with Gasteiger partial charge in [-0.05, 0) is 232 Å². The molecular formula is C97H122ClF2N5O40. The number of fused-ring (bicyclic) bond motifs is 15. The highest BCUT2D eigenvalue weighted by Gasteiger charge is 2.82. The van der Waals surface area contributed by atoms with E-state index in [9.17, 15) is 139 Å². The minimum atomic E-state index is -2.41. The van der Waals surface area contributed by atoms with E-state index < -0.39 is 250 Å². The molecule has 45 nitrogen and oxygen atoms in total. The second-order valence-corrected chi connectivity index (χ2v) is 41.1. The molecule has 6 unspecified atom stereocenters. The summed E-state index contributed by atoms with van der Waals surface area (Å²) in [5, 5.41) is 115. The smallest absolute Gasteiger partial charge is 0.463 e. The minimum Gasteiger partial charge on any atom is -0.463 e. The summed E-state index contributed by atoms with van der Waals surface area (Å²) in [5.74, 6) is -12.2. The fourth-order valence-electron chi connectivity index (χ4n) is 26.2. The quantitative estimate of drug-likeness (QED) is 0.00518. The number of aryl methyl sites for hydroxylation is 1. The first-order valence-electron chi connectivity index (χ1n) is 48.1. The van der Waals surface area contributed by atoms with Crippen LogP contribution in [0.2, 0.25) is 0 Å². The number of rotatable bonds is 42. The summed E-state index contributed by atoms with van der Waals surface area (Å²) in [6.45, 7) is 9.12. The number of aliphatic hydroxyl groups excluding tert-OH is 6. The van der Waals surface area contributed by atoms with Crippen LogP contribution in [-0.4, -0.2) is 250 Å².